The van der Waals surface area contributed by atoms with Crippen LogP contribution in [0.25, 0.3) is 0 Å². The quantitative estimate of drug-likeness (QED) is 0.878. The van der Waals surface area contributed by atoms with Gasteiger partial charge in [0.05, 0.1) is 7.11 Å². The van der Waals surface area contributed by atoms with E-state index in [0.29, 0.717) is 0 Å². The molecule has 0 unspecified atom stereocenters. The zero-order chi connectivity index (χ0) is 13.3. The molecule has 106 valence electrons. The van der Waals surface area contributed by atoms with Gasteiger partial charge in [0.1, 0.15) is 17.5 Å². The lowest BCUT2D eigenvalue weighted by atomic mass is 9.99. The van der Waals surface area contributed by atoms with Crippen LogP contribution in [0.2, 0.25) is 0 Å². The van der Waals surface area contributed by atoms with Gasteiger partial charge in [-0.3, -0.25) is 0 Å². The number of cyclic esters (lactones) is 1. The minimum Gasteiger partial charge on any atom is -0.508 e. The maximum absolute atomic E-state index is 13.7. The summed E-state index contributed by atoms with van der Waals surface area (Å²) in [6.07, 6.45) is -0.916. The standard InChI is InChI=1S/C11H11F2NO4.ClH/c1-17-8-4-6(15)2-3-7(8)9-11(12,13)5-18-10(16)14-9;/h2-4,9,15H,5H2,1H3,(H,14,16);1H/t9-;/m1./s1. The highest BCUT2D eigenvalue weighted by atomic mass is 35.5. The molecule has 0 aliphatic carbocycles. The lowest BCUT2D eigenvalue weighted by Gasteiger charge is -2.32. The fraction of sp³-hybridized carbons (Fsp3) is 0.364. The third-order valence-electron chi connectivity index (χ3n) is 2.61. The van der Waals surface area contributed by atoms with Crippen LogP contribution in [0, 0.1) is 0 Å². The molecule has 1 atom stereocenters. The number of halogens is 3. The smallest absolute Gasteiger partial charge is 0.408 e. The predicted octanol–water partition coefficient (Wildman–Crippen LogP) is 2.24. The Morgan fingerprint density at radius 1 is 1.53 bits per heavy atom. The summed E-state index contributed by atoms with van der Waals surface area (Å²) in [5, 5.41) is 11.3. The number of carbonyl (C=O) groups is 1. The average Bonchev–Trinajstić information content (AvgIpc) is 2.32. The van der Waals surface area contributed by atoms with Gasteiger partial charge in [-0.05, 0) is 12.1 Å². The molecule has 0 saturated carbocycles. The van der Waals surface area contributed by atoms with Crippen molar-refractivity contribution in [3.05, 3.63) is 23.8 Å². The Morgan fingerprint density at radius 2 is 2.21 bits per heavy atom. The normalized spacial score (nSPS) is 20.8. The van der Waals surface area contributed by atoms with Gasteiger partial charge >= 0.3 is 12.0 Å². The molecular formula is C11H12ClF2NO4. The molecule has 1 aromatic carbocycles. The van der Waals surface area contributed by atoms with Crippen LogP contribution in [0.1, 0.15) is 11.6 Å². The average molecular weight is 296 g/mol. The van der Waals surface area contributed by atoms with Crippen molar-refractivity contribution >= 4 is 18.5 Å². The van der Waals surface area contributed by atoms with Gasteiger partial charge in [-0.25, -0.2) is 13.6 Å². The zero-order valence-corrected chi connectivity index (χ0v) is 10.7. The van der Waals surface area contributed by atoms with E-state index in [2.05, 4.69) is 4.74 Å². The second kappa shape index (κ2) is 5.48. The number of phenols is 1. The van der Waals surface area contributed by atoms with Crippen LogP contribution in [0.15, 0.2) is 18.2 Å². The molecule has 2 N–H and O–H groups in total. The van der Waals surface area contributed by atoms with E-state index >= 15 is 0 Å². The summed E-state index contributed by atoms with van der Waals surface area (Å²) in [6, 6.07) is 2.18. The molecule has 0 bridgehead atoms. The van der Waals surface area contributed by atoms with Crippen LogP contribution in [-0.4, -0.2) is 30.8 Å². The van der Waals surface area contributed by atoms with Crippen LogP contribution in [0.5, 0.6) is 11.5 Å². The Kier molecular flexibility index (Phi) is 4.41. The summed E-state index contributed by atoms with van der Waals surface area (Å²) in [6.45, 7) is -0.993. The van der Waals surface area contributed by atoms with Crippen LogP contribution in [0.4, 0.5) is 13.6 Å². The summed E-state index contributed by atoms with van der Waals surface area (Å²) in [5.41, 5.74) is 0.0805. The summed E-state index contributed by atoms with van der Waals surface area (Å²) in [4.78, 5) is 11.0. The number of amides is 1. The summed E-state index contributed by atoms with van der Waals surface area (Å²) < 4.78 is 36.5. The first kappa shape index (κ1) is 15.3. The summed E-state index contributed by atoms with van der Waals surface area (Å²) >= 11 is 0. The fourth-order valence-electron chi connectivity index (χ4n) is 1.75. The van der Waals surface area contributed by atoms with Gasteiger partial charge in [0, 0.05) is 11.6 Å². The highest BCUT2D eigenvalue weighted by Gasteiger charge is 2.47. The summed E-state index contributed by atoms with van der Waals surface area (Å²) in [5.74, 6) is -3.29. The monoisotopic (exact) mass is 295 g/mol. The third-order valence-corrected chi connectivity index (χ3v) is 2.61. The van der Waals surface area contributed by atoms with Gasteiger partial charge in [-0.1, -0.05) is 0 Å². The number of rotatable bonds is 2. The predicted molar refractivity (Wildman–Crippen MR) is 64.1 cm³/mol. The van der Waals surface area contributed by atoms with Crippen LogP contribution in [-0.2, 0) is 4.74 Å². The zero-order valence-electron chi connectivity index (χ0n) is 9.85. The molecule has 1 aromatic rings. The largest absolute Gasteiger partial charge is 0.508 e. The van der Waals surface area contributed by atoms with Crippen molar-refractivity contribution in [2.24, 2.45) is 0 Å². The Bertz CT molecular complexity index is 484. The van der Waals surface area contributed by atoms with E-state index in [1.165, 1.54) is 25.3 Å². The highest BCUT2D eigenvalue weighted by molar-refractivity contribution is 5.85. The van der Waals surface area contributed by atoms with E-state index in [4.69, 9.17) is 4.74 Å². The van der Waals surface area contributed by atoms with E-state index in [1.54, 1.807) is 0 Å². The van der Waals surface area contributed by atoms with Crippen molar-refractivity contribution in [3.63, 3.8) is 0 Å². The molecule has 1 aliphatic rings. The van der Waals surface area contributed by atoms with Gasteiger partial charge in [0.25, 0.3) is 0 Å². The molecule has 0 radical (unpaired) electrons. The maximum atomic E-state index is 13.7. The molecule has 0 aromatic heterocycles. The number of benzene rings is 1. The number of hydrogen-bond donors (Lipinski definition) is 2. The van der Waals surface area contributed by atoms with Crippen LogP contribution in [0.3, 0.4) is 0 Å². The molecule has 19 heavy (non-hydrogen) atoms. The van der Waals surface area contributed by atoms with Crippen LogP contribution >= 0.6 is 12.4 Å². The minimum absolute atomic E-state index is 0. The number of carbonyl (C=O) groups excluding carboxylic acids is 1. The Hall–Kier alpha value is -1.76. The molecule has 1 heterocycles. The molecule has 2 rings (SSSR count). The molecule has 1 fully saturated rings. The first-order valence-electron chi connectivity index (χ1n) is 5.12. The number of aromatic hydroxyl groups is 1. The second-order valence-corrected chi connectivity index (χ2v) is 3.84. The topological polar surface area (TPSA) is 67.8 Å². The van der Waals surface area contributed by atoms with Gasteiger partial charge in [-0.2, -0.15) is 0 Å². The lowest BCUT2D eigenvalue weighted by molar-refractivity contribution is -0.104. The first-order chi connectivity index (χ1) is 8.44. The molecule has 0 spiro atoms. The third kappa shape index (κ3) is 2.98. The van der Waals surface area contributed by atoms with E-state index < -0.39 is 24.7 Å². The van der Waals surface area contributed by atoms with E-state index in [0.717, 1.165) is 0 Å². The molecule has 1 aliphatic heterocycles. The van der Waals surface area contributed by atoms with E-state index in [1.807, 2.05) is 5.32 Å². The number of alkyl halides is 2. The molecular weight excluding hydrogens is 284 g/mol. The molecule has 1 amide bonds. The van der Waals surface area contributed by atoms with E-state index in [-0.39, 0.29) is 29.5 Å². The van der Waals surface area contributed by atoms with Gasteiger partial charge in [-0.15, -0.1) is 12.4 Å². The van der Waals surface area contributed by atoms with Crippen molar-refractivity contribution in [2.45, 2.75) is 12.0 Å². The van der Waals surface area contributed by atoms with Gasteiger partial charge in [0.15, 0.2) is 6.61 Å². The van der Waals surface area contributed by atoms with Gasteiger partial charge < -0.3 is 19.9 Å². The number of methoxy groups -OCH3 is 1. The first-order valence-corrected chi connectivity index (χ1v) is 5.12. The Labute approximate surface area is 113 Å². The lowest BCUT2D eigenvalue weighted by Crippen LogP contribution is -2.49. The number of phenolic OH excluding ortho intramolecular Hbond substituents is 1. The second-order valence-electron chi connectivity index (χ2n) is 3.84. The minimum atomic E-state index is -3.25. The molecule has 5 nitrogen and oxygen atoms in total. The van der Waals surface area contributed by atoms with Crippen molar-refractivity contribution < 1.29 is 28.2 Å². The SMILES string of the molecule is COc1cc(O)ccc1[C@H]1NC(=O)OCC1(F)F.Cl. The van der Waals surface area contributed by atoms with Crippen molar-refractivity contribution in [2.75, 3.05) is 13.7 Å². The number of alkyl carbamates (subject to hydrolysis) is 1. The van der Waals surface area contributed by atoms with E-state index in [9.17, 15) is 18.7 Å². The molecule has 8 heteroatoms. The summed E-state index contributed by atoms with van der Waals surface area (Å²) in [7, 11) is 1.29. The fourth-order valence-corrected chi connectivity index (χ4v) is 1.75. The number of nitrogens with one attached hydrogen (secondary N) is 1. The van der Waals surface area contributed by atoms with Crippen molar-refractivity contribution in [1.82, 2.24) is 5.32 Å². The Balaban J connectivity index is 0.00000180. The maximum Gasteiger partial charge on any atom is 0.408 e. The van der Waals surface area contributed by atoms with Crippen molar-refractivity contribution in [1.29, 1.82) is 0 Å². The number of ether oxygens (including phenoxy) is 2. The highest BCUT2D eigenvalue weighted by Crippen LogP contribution is 2.39. The van der Waals surface area contributed by atoms with Gasteiger partial charge in [0.2, 0.25) is 0 Å². The van der Waals surface area contributed by atoms with Crippen LogP contribution < -0.4 is 10.1 Å². The Morgan fingerprint density at radius 3 is 2.84 bits per heavy atom. The molecule has 1 saturated heterocycles. The van der Waals surface area contributed by atoms with Crippen molar-refractivity contribution in [3.8, 4) is 11.5 Å². The number of hydrogen-bond acceptors (Lipinski definition) is 4.